The second-order valence-electron chi connectivity index (χ2n) is 10.9. The van der Waals surface area contributed by atoms with Crippen LogP contribution >= 0.6 is 7.92 Å². The van der Waals surface area contributed by atoms with E-state index in [-0.39, 0.29) is 20.4 Å². The van der Waals surface area contributed by atoms with Crippen LogP contribution in [0.4, 0.5) is 11.4 Å². The van der Waals surface area contributed by atoms with Gasteiger partial charge in [0.15, 0.2) is 0 Å². The first-order valence-corrected chi connectivity index (χ1v) is 15.1. The molecular formula is C29H42N2O3PPdS+. The Balaban J connectivity index is 0.000000596. The first kappa shape index (κ1) is 35.3. The van der Waals surface area contributed by atoms with E-state index in [2.05, 4.69) is 90.9 Å². The van der Waals surface area contributed by atoms with Crippen LogP contribution in [0, 0.1) is 6.07 Å². The van der Waals surface area contributed by atoms with E-state index in [0.717, 1.165) is 11.1 Å². The number of anilines is 1. The van der Waals surface area contributed by atoms with E-state index in [1.165, 1.54) is 5.69 Å². The topological polar surface area (TPSA) is 81.4 Å². The minimum absolute atomic E-state index is 0. The monoisotopic (exact) mass is 635 g/mol. The number of benzene rings is 3. The molecule has 0 aliphatic carbocycles. The van der Waals surface area contributed by atoms with Gasteiger partial charge in [-0.1, -0.05) is 24.3 Å². The molecule has 0 radical (unpaired) electrons. The van der Waals surface area contributed by atoms with Crippen LogP contribution in [0.3, 0.4) is 0 Å². The van der Waals surface area contributed by atoms with E-state index in [9.17, 15) is 8.42 Å². The van der Waals surface area contributed by atoms with Crippen LogP contribution in [0.2, 0.25) is 0 Å². The molecule has 0 unspecified atom stereocenters. The van der Waals surface area contributed by atoms with Crippen LogP contribution in [-0.4, -0.2) is 43.6 Å². The maximum absolute atomic E-state index is 9.19. The summed E-state index contributed by atoms with van der Waals surface area (Å²) in [6, 6.07) is 27.5. The van der Waals surface area contributed by atoms with Crippen molar-refractivity contribution in [2.75, 3.05) is 25.3 Å². The van der Waals surface area contributed by atoms with Gasteiger partial charge in [0, 0.05) is 27.7 Å². The van der Waals surface area contributed by atoms with Crippen molar-refractivity contribution in [1.29, 1.82) is 0 Å². The summed E-state index contributed by atoms with van der Waals surface area (Å²) in [5.41, 5.74) is 11.4. The molecule has 0 aliphatic heterocycles. The fourth-order valence-corrected chi connectivity index (χ4v) is 8.68. The Morgan fingerprint density at radius 3 is 1.68 bits per heavy atom. The van der Waals surface area contributed by atoms with Crippen LogP contribution in [0.1, 0.15) is 41.5 Å². The third-order valence-electron chi connectivity index (χ3n) is 5.10. The molecule has 0 saturated heterocycles. The van der Waals surface area contributed by atoms with Crippen molar-refractivity contribution in [1.82, 2.24) is 0 Å². The summed E-state index contributed by atoms with van der Waals surface area (Å²) in [4.78, 5) is 2.16. The zero-order chi connectivity index (χ0) is 27.7. The van der Waals surface area contributed by atoms with E-state index >= 15 is 0 Å². The number of hydrogen-bond donors (Lipinski definition) is 1. The third kappa shape index (κ3) is 13.6. The molecule has 0 aromatic heterocycles. The van der Waals surface area contributed by atoms with Crippen molar-refractivity contribution in [3.63, 3.8) is 0 Å². The summed E-state index contributed by atoms with van der Waals surface area (Å²) in [7, 11) is -0.0970. The van der Waals surface area contributed by atoms with Crippen molar-refractivity contribution in [2.24, 2.45) is 0 Å². The zero-order valence-electron chi connectivity index (χ0n) is 23.4. The van der Waals surface area contributed by atoms with Crippen molar-refractivity contribution < 1.29 is 33.4 Å². The molecule has 0 atom stereocenters. The van der Waals surface area contributed by atoms with E-state index in [0.29, 0.717) is 22.3 Å². The predicted octanol–water partition coefficient (Wildman–Crippen LogP) is 7.53. The van der Waals surface area contributed by atoms with Crippen molar-refractivity contribution in [3.05, 3.63) is 84.6 Å². The normalized spacial score (nSPS) is 11.3. The molecule has 0 heterocycles. The maximum Gasteiger partial charge on any atom is 2.00 e. The quantitative estimate of drug-likeness (QED) is 0.140. The summed E-state index contributed by atoms with van der Waals surface area (Å²) in [6.45, 7) is 14.3. The van der Waals surface area contributed by atoms with Gasteiger partial charge in [-0.25, -0.2) is 0 Å². The summed E-state index contributed by atoms with van der Waals surface area (Å²) in [6.07, 6.45) is 0.715. The van der Waals surface area contributed by atoms with Crippen LogP contribution in [0.5, 0.6) is 0 Å². The number of nitrogens with zero attached hydrogens (tertiary/aromatic N) is 1. The van der Waals surface area contributed by atoms with Gasteiger partial charge in [-0.2, -0.15) is 14.1 Å². The maximum atomic E-state index is 9.19. The molecule has 37 heavy (non-hydrogen) atoms. The number of hydrogen-bond acceptors (Lipinski definition) is 3. The van der Waals surface area contributed by atoms with E-state index in [1.54, 1.807) is 11.4 Å². The number of rotatable bonds is 3. The van der Waals surface area contributed by atoms with Gasteiger partial charge < -0.3 is 10.6 Å². The Bertz CT molecular complexity index is 1150. The van der Waals surface area contributed by atoms with Crippen LogP contribution in [0.25, 0.3) is 16.9 Å². The minimum atomic E-state index is -3.67. The molecule has 5 nitrogen and oxygen atoms in total. The largest absolute Gasteiger partial charge is 2.00 e. The molecule has 0 spiro atoms. The SMILES string of the molecule is CN(C)c1ccc([PH+](C(C)(C)C)C(C)(C)C)cc1.CS(=O)(=O)O.[NH-]c1ccccc1-c1[c-]cccc1.[Pd+2]. The summed E-state index contributed by atoms with van der Waals surface area (Å²) in [5.74, 6) is 0. The standard InChI is InChI=1S/C16H28NP.C12H9N.CH4O3S.Pd/c1-15(2,3)18(16(4,5)6)14-11-9-13(10-12-14)17(7)8;13-12-9-5-4-8-11(12)10-6-2-1-3-7-10;1-5(2,3)4;/h9-12H,1-8H3;1-6,8-9,13H;1H3,(H,2,3,4);/q;-2;;+2/p+1. The Labute approximate surface area is 240 Å². The van der Waals surface area contributed by atoms with Gasteiger partial charge >= 0.3 is 20.4 Å². The van der Waals surface area contributed by atoms with E-state index in [4.69, 9.17) is 10.3 Å². The summed E-state index contributed by atoms with van der Waals surface area (Å²) >= 11 is 0. The molecule has 0 amide bonds. The van der Waals surface area contributed by atoms with Gasteiger partial charge in [0.2, 0.25) is 0 Å². The molecule has 3 aromatic rings. The first-order chi connectivity index (χ1) is 16.4. The second kappa shape index (κ2) is 15.0. The molecule has 3 aromatic carbocycles. The van der Waals surface area contributed by atoms with Crippen LogP contribution in [-0.2, 0) is 30.5 Å². The second-order valence-corrected chi connectivity index (χ2v) is 16.7. The number of nitrogens with one attached hydrogen (secondary N) is 1. The van der Waals surface area contributed by atoms with Gasteiger partial charge in [-0.05, 0) is 65.8 Å². The van der Waals surface area contributed by atoms with Gasteiger partial charge in [-0.15, -0.1) is 41.5 Å². The molecule has 2 N–H and O–H groups in total. The van der Waals surface area contributed by atoms with Crippen molar-refractivity contribution >= 4 is 34.7 Å². The zero-order valence-corrected chi connectivity index (χ0v) is 26.7. The molecule has 0 saturated carbocycles. The molecule has 8 heteroatoms. The molecule has 0 bridgehead atoms. The smallest absolute Gasteiger partial charge is 0.706 e. The third-order valence-corrected chi connectivity index (χ3v) is 9.01. The Hall–Kier alpha value is -1.74. The Morgan fingerprint density at radius 1 is 0.838 bits per heavy atom. The Kier molecular flexibility index (Phi) is 14.3. The predicted molar refractivity (Wildman–Crippen MR) is 160 cm³/mol. The summed E-state index contributed by atoms with van der Waals surface area (Å²) < 4.78 is 25.9. The van der Waals surface area contributed by atoms with Gasteiger partial charge in [0.05, 0.1) is 21.9 Å². The molecule has 0 fully saturated rings. The minimum Gasteiger partial charge on any atom is -0.706 e. The average Bonchev–Trinajstić information content (AvgIpc) is 2.72. The van der Waals surface area contributed by atoms with E-state index in [1.807, 2.05) is 42.5 Å². The van der Waals surface area contributed by atoms with E-state index < -0.39 is 18.0 Å². The molecular weight excluding hydrogens is 594 g/mol. The van der Waals surface area contributed by atoms with Crippen LogP contribution in [0.15, 0.2) is 72.8 Å². The molecule has 206 valence electrons. The van der Waals surface area contributed by atoms with Crippen LogP contribution < -0.4 is 10.2 Å². The summed E-state index contributed by atoms with van der Waals surface area (Å²) in [5, 5.41) is 2.30. The first-order valence-electron chi connectivity index (χ1n) is 11.8. The van der Waals surface area contributed by atoms with Crippen molar-refractivity contribution in [2.45, 2.75) is 51.9 Å². The van der Waals surface area contributed by atoms with Gasteiger partial charge in [0.1, 0.15) is 0 Å². The fraction of sp³-hybridized carbons (Fsp3) is 0.379. The Morgan fingerprint density at radius 2 is 1.30 bits per heavy atom. The molecule has 0 aliphatic rings. The molecule has 3 rings (SSSR count). The van der Waals surface area contributed by atoms with Gasteiger partial charge in [0.25, 0.3) is 10.1 Å². The van der Waals surface area contributed by atoms with Gasteiger partial charge in [-0.3, -0.25) is 4.55 Å². The van der Waals surface area contributed by atoms with Crippen molar-refractivity contribution in [3.8, 4) is 11.1 Å². The average molecular weight is 636 g/mol. The fourth-order valence-electron chi connectivity index (χ4n) is 4.20.